The van der Waals surface area contributed by atoms with Crippen molar-refractivity contribution in [2.24, 2.45) is 5.73 Å². The Morgan fingerprint density at radius 3 is 1.98 bits per heavy atom. The largest absolute Gasteiger partial charge is 0.490 e. The smallest absolute Gasteiger partial charge is 0.475 e. The summed E-state index contributed by atoms with van der Waals surface area (Å²) in [6.07, 6.45) is -5.95. The Balaban J connectivity index is 0.000000459. The lowest BCUT2D eigenvalue weighted by atomic mass is 9.90. The zero-order valence-electron chi connectivity index (χ0n) is 24.5. The molecule has 0 aliphatic heterocycles. The molecule has 2 atom stereocenters. The number of halogens is 7. The lowest BCUT2D eigenvalue weighted by molar-refractivity contribution is -0.193. The molecule has 0 bridgehead atoms. The summed E-state index contributed by atoms with van der Waals surface area (Å²) in [6, 6.07) is 13.2. The minimum atomic E-state index is -5.08. The average Bonchev–Trinajstić information content (AvgIpc) is 2.95. The Bertz CT molecular complexity index is 1550. The van der Waals surface area contributed by atoms with Crippen molar-refractivity contribution in [1.82, 2.24) is 15.3 Å². The third kappa shape index (κ3) is 13.2. The van der Waals surface area contributed by atoms with Crippen LogP contribution in [0, 0.1) is 12.3 Å². The molecule has 1 aromatic heterocycles. The number of anilines is 2. The molecule has 0 spiro atoms. The third-order valence-corrected chi connectivity index (χ3v) is 6.55. The van der Waals surface area contributed by atoms with Crippen molar-refractivity contribution >= 4 is 58.1 Å². The van der Waals surface area contributed by atoms with E-state index >= 15 is 0 Å². The summed E-state index contributed by atoms with van der Waals surface area (Å²) in [5, 5.41) is 32.8. The van der Waals surface area contributed by atoms with Crippen LogP contribution in [-0.2, 0) is 20.8 Å². The number of nitrogens with zero attached hydrogens (tertiary/aromatic N) is 2. The monoisotopic (exact) mass is 693 g/mol. The molecule has 3 aromatic rings. The van der Waals surface area contributed by atoms with Gasteiger partial charge >= 0.3 is 24.3 Å². The highest BCUT2D eigenvalue weighted by Crippen LogP contribution is 2.28. The summed E-state index contributed by atoms with van der Waals surface area (Å²) in [5.74, 6) is -4.84. The molecule has 8 N–H and O–H groups in total. The van der Waals surface area contributed by atoms with Crippen molar-refractivity contribution in [1.29, 1.82) is 5.41 Å². The first-order valence-corrected chi connectivity index (χ1v) is 13.9. The Kier molecular flexibility index (Phi) is 13.5. The number of carboxylic acid groups (broad SMARTS) is 2. The molecule has 1 aliphatic carbocycles. The van der Waals surface area contributed by atoms with Crippen LogP contribution in [0.15, 0.2) is 42.5 Å². The topological polar surface area (TPSA) is 203 Å². The summed E-state index contributed by atoms with van der Waals surface area (Å²) >= 11 is 5.93. The lowest BCUT2D eigenvalue weighted by Crippen LogP contribution is -2.50. The van der Waals surface area contributed by atoms with Gasteiger partial charge < -0.3 is 26.6 Å². The first-order chi connectivity index (χ1) is 21.8. The Morgan fingerprint density at radius 1 is 0.936 bits per heavy atom. The highest BCUT2D eigenvalue weighted by atomic mass is 35.5. The summed E-state index contributed by atoms with van der Waals surface area (Å²) < 4.78 is 63.5. The van der Waals surface area contributed by atoms with Crippen LogP contribution < -0.4 is 21.7 Å². The number of alkyl halides is 6. The highest BCUT2D eigenvalue weighted by molar-refractivity contribution is 6.30. The van der Waals surface area contributed by atoms with Crippen molar-refractivity contribution in [2.45, 2.75) is 63.5 Å². The minimum absolute atomic E-state index is 0.0350. The first kappa shape index (κ1) is 38.3. The number of aromatic nitrogens is 2. The Morgan fingerprint density at radius 2 is 1.47 bits per heavy atom. The third-order valence-electron chi connectivity index (χ3n) is 6.29. The normalized spacial score (nSPS) is 16.0. The zero-order valence-corrected chi connectivity index (χ0v) is 25.2. The minimum Gasteiger partial charge on any atom is -0.475 e. The second-order valence-electron chi connectivity index (χ2n) is 10.1. The number of carbonyl (C=O) groups is 3. The maximum Gasteiger partial charge on any atom is 0.490 e. The van der Waals surface area contributed by atoms with Gasteiger partial charge in [-0.05, 0) is 49.6 Å². The number of aliphatic carboxylic acids is 2. The molecule has 19 heteroatoms. The lowest BCUT2D eigenvalue weighted by Gasteiger charge is -2.33. The van der Waals surface area contributed by atoms with Crippen molar-refractivity contribution < 1.29 is 50.9 Å². The van der Waals surface area contributed by atoms with Gasteiger partial charge in [-0.1, -0.05) is 48.2 Å². The van der Waals surface area contributed by atoms with E-state index < -0.39 is 24.3 Å². The number of nitrogens with two attached hydrogens (primary N) is 1. The molecule has 12 nitrogen and oxygen atoms in total. The van der Waals surface area contributed by atoms with E-state index in [1.54, 1.807) is 12.1 Å². The van der Waals surface area contributed by atoms with Gasteiger partial charge in [0.1, 0.15) is 5.82 Å². The van der Waals surface area contributed by atoms with E-state index in [1.807, 2.05) is 37.3 Å². The molecule has 1 aliphatic rings. The molecule has 2 unspecified atom stereocenters. The molecule has 1 fully saturated rings. The Hall–Kier alpha value is -4.87. The number of hydrogen-bond acceptors (Lipinski definition) is 7. The van der Waals surface area contributed by atoms with Crippen LogP contribution >= 0.6 is 11.6 Å². The fourth-order valence-corrected chi connectivity index (χ4v) is 4.34. The number of carboxylic acids is 2. The average molecular weight is 694 g/mol. The van der Waals surface area contributed by atoms with Crippen LogP contribution in [0.4, 0.5) is 38.1 Å². The predicted octanol–water partition coefficient (Wildman–Crippen LogP) is 5.25. The second-order valence-corrected chi connectivity index (χ2v) is 10.5. The molecule has 1 heterocycles. The number of nitrogens with one attached hydrogen (secondary N) is 4. The van der Waals surface area contributed by atoms with E-state index in [0.29, 0.717) is 10.8 Å². The number of guanidine groups is 1. The van der Waals surface area contributed by atoms with Crippen molar-refractivity contribution in [3.8, 4) is 0 Å². The van der Waals surface area contributed by atoms with Gasteiger partial charge in [-0.3, -0.25) is 15.5 Å². The van der Waals surface area contributed by atoms with Gasteiger partial charge in [-0.2, -0.15) is 31.3 Å². The fraction of sp³-hybridized carbons (Fsp3) is 0.357. The molecular weight excluding hydrogens is 664 g/mol. The van der Waals surface area contributed by atoms with Gasteiger partial charge in [0.05, 0.1) is 11.9 Å². The number of hydrogen-bond donors (Lipinski definition) is 7. The van der Waals surface area contributed by atoms with Crippen LogP contribution in [0.2, 0.25) is 5.02 Å². The zero-order chi connectivity index (χ0) is 35.5. The molecule has 0 radical (unpaired) electrons. The number of aryl methyl sites for hydroxylation is 1. The molecule has 256 valence electrons. The van der Waals surface area contributed by atoms with Crippen LogP contribution in [-0.4, -0.2) is 68.4 Å². The highest BCUT2D eigenvalue weighted by Gasteiger charge is 2.39. The molecule has 47 heavy (non-hydrogen) atoms. The molecule has 1 amide bonds. The summed E-state index contributed by atoms with van der Waals surface area (Å²) in [7, 11) is 0. The van der Waals surface area contributed by atoms with Crippen molar-refractivity contribution in [2.75, 3.05) is 10.6 Å². The van der Waals surface area contributed by atoms with E-state index in [2.05, 4.69) is 25.9 Å². The van der Waals surface area contributed by atoms with Crippen LogP contribution in [0.5, 0.6) is 0 Å². The molecular formula is C28H30ClF6N7O5. The maximum absolute atomic E-state index is 12.6. The number of benzene rings is 2. The van der Waals surface area contributed by atoms with Crippen molar-refractivity contribution in [3.63, 3.8) is 0 Å². The molecule has 4 rings (SSSR count). The van der Waals surface area contributed by atoms with E-state index in [0.717, 1.165) is 47.7 Å². The van der Waals surface area contributed by atoms with Gasteiger partial charge in [-0.25, -0.2) is 14.6 Å². The standard InChI is InChI=1S/C24H28ClN7O.2C2HF3O2/c1-14-6-11-18-17(12-14)22(28-19-4-2-3-5-20(19)29-23(26)27)32-24(30-18)31-21(33)13-15-7-9-16(25)10-8-15;2*3-2(4,5)1(6)7/h6-12,19-20H,2-5,13H2,1H3,(H4,26,27,29)(H2,28,30,31,32,33);2*(H,6,7). The molecule has 1 saturated carbocycles. The Labute approximate surface area is 268 Å². The van der Waals surface area contributed by atoms with Crippen LogP contribution in [0.3, 0.4) is 0 Å². The van der Waals surface area contributed by atoms with Gasteiger partial charge in [0.25, 0.3) is 0 Å². The van der Waals surface area contributed by atoms with Gasteiger partial charge in [-0.15, -0.1) is 0 Å². The van der Waals surface area contributed by atoms with Crippen LogP contribution in [0.1, 0.15) is 36.8 Å². The van der Waals surface area contributed by atoms with E-state index in [4.69, 9.17) is 42.5 Å². The number of carbonyl (C=O) groups excluding carboxylic acids is 1. The predicted molar refractivity (Wildman–Crippen MR) is 160 cm³/mol. The SMILES string of the molecule is Cc1ccc2nc(NC(=O)Cc3ccc(Cl)cc3)nc(NC3CCCCC3NC(=N)N)c2c1.O=C(O)C(F)(F)F.O=C(O)C(F)(F)F. The van der Waals surface area contributed by atoms with E-state index in [-0.39, 0.29) is 36.3 Å². The van der Waals surface area contributed by atoms with Gasteiger partial charge in [0, 0.05) is 22.5 Å². The van der Waals surface area contributed by atoms with Crippen molar-refractivity contribution in [3.05, 3.63) is 58.6 Å². The summed E-state index contributed by atoms with van der Waals surface area (Å²) in [5.41, 5.74) is 8.29. The summed E-state index contributed by atoms with van der Waals surface area (Å²) in [6.45, 7) is 2.02. The van der Waals surface area contributed by atoms with E-state index in [9.17, 15) is 31.1 Å². The fourth-order valence-electron chi connectivity index (χ4n) is 4.22. The van der Waals surface area contributed by atoms with E-state index in [1.165, 1.54) is 0 Å². The maximum atomic E-state index is 12.6. The quantitative estimate of drug-likeness (QED) is 0.102. The number of amides is 1. The van der Waals surface area contributed by atoms with Gasteiger partial charge in [0.15, 0.2) is 5.96 Å². The first-order valence-electron chi connectivity index (χ1n) is 13.6. The molecule has 0 saturated heterocycles. The summed E-state index contributed by atoms with van der Waals surface area (Å²) in [4.78, 5) is 39.6. The van der Waals surface area contributed by atoms with Crippen LogP contribution in [0.25, 0.3) is 10.9 Å². The number of rotatable bonds is 6. The van der Waals surface area contributed by atoms with Gasteiger partial charge in [0.2, 0.25) is 11.9 Å². The molecule has 2 aromatic carbocycles. The number of fused-ring (bicyclic) bond motifs is 1. The second kappa shape index (κ2) is 16.6.